The first kappa shape index (κ1) is 12.2. The first-order valence-corrected chi connectivity index (χ1v) is 5.69. The number of hydrogen-bond acceptors (Lipinski definition) is 5. The van der Waals surface area contributed by atoms with Crippen LogP contribution in [0.1, 0.15) is 5.69 Å². The Balaban J connectivity index is 2.08. The lowest BCUT2D eigenvalue weighted by molar-refractivity contribution is -0.144. The predicted octanol–water partition coefficient (Wildman–Crippen LogP) is -0.0116. The molecule has 1 aliphatic rings. The fourth-order valence-corrected chi connectivity index (χ4v) is 2.01. The van der Waals surface area contributed by atoms with Crippen molar-refractivity contribution >= 4 is 17.6 Å². The van der Waals surface area contributed by atoms with Crippen LogP contribution in [0.15, 0.2) is 12.3 Å². The van der Waals surface area contributed by atoms with Gasteiger partial charge in [-0.15, -0.1) is 0 Å². The summed E-state index contributed by atoms with van der Waals surface area (Å²) < 4.78 is 0. The van der Waals surface area contributed by atoms with Crippen LogP contribution in [0.2, 0.25) is 5.28 Å². The van der Waals surface area contributed by atoms with Crippen molar-refractivity contribution in [3.63, 3.8) is 0 Å². The second-order valence-corrected chi connectivity index (χ2v) is 4.18. The van der Waals surface area contributed by atoms with Gasteiger partial charge in [0.15, 0.2) is 0 Å². The molecule has 1 atom stereocenters. The molecule has 1 fully saturated rings. The third-order valence-corrected chi connectivity index (χ3v) is 2.87. The SMILES string of the molecule is O=C(O)[C@@H]1CNCCN1Cc1ccnc(Cl)n1. The van der Waals surface area contributed by atoms with Crippen molar-refractivity contribution in [2.45, 2.75) is 12.6 Å². The molecule has 1 saturated heterocycles. The standard InChI is InChI=1S/C10H13ClN4O2/c11-10-13-2-1-7(14-10)6-15-4-3-12-5-8(15)9(16)17/h1-2,8,12H,3-6H2,(H,16,17)/t8-/m0/s1. The molecule has 92 valence electrons. The normalized spacial score (nSPS) is 21.4. The molecule has 0 spiro atoms. The first-order valence-electron chi connectivity index (χ1n) is 5.32. The van der Waals surface area contributed by atoms with E-state index in [1.54, 1.807) is 12.3 Å². The van der Waals surface area contributed by atoms with E-state index in [0.29, 0.717) is 19.6 Å². The smallest absolute Gasteiger partial charge is 0.322 e. The molecule has 2 N–H and O–H groups in total. The molecule has 6 nitrogen and oxygen atoms in total. The minimum Gasteiger partial charge on any atom is -0.480 e. The summed E-state index contributed by atoms with van der Waals surface area (Å²) in [6, 6.07) is 1.23. The van der Waals surface area contributed by atoms with E-state index in [2.05, 4.69) is 15.3 Å². The lowest BCUT2D eigenvalue weighted by Crippen LogP contribution is -2.54. The molecule has 0 bridgehead atoms. The van der Waals surface area contributed by atoms with Crippen molar-refractivity contribution in [1.82, 2.24) is 20.2 Å². The van der Waals surface area contributed by atoms with Crippen molar-refractivity contribution in [3.8, 4) is 0 Å². The maximum Gasteiger partial charge on any atom is 0.322 e. The van der Waals surface area contributed by atoms with Crippen LogP contribution in [-0.2, 0) is 11.3 Å². The molecule has 1 aromatic heterocycles. The van der Waals surface area contributed by atoms with Crippen LogP contribution in [0, 0.1) is 0 Å². The number of nitrogens with one attached hydrogen (secondary N) is 1. The van der Waals surface area contributed by atoms with Gasteiger partial charge < -0.3 is 10.4 Å². The second kappa shape index (κ2) is 5.39. The van der Waals surface area contributed by atoms with E-state index in [1.165, 1.54) is 0 Å². The maximum absolute atomic E-state index is 11.1. The Morgan fingerprint density at radius 2 is 2.53 bits per heavy atom. The molecule has 0 radical (unpaired) electrons. The van der Waals surface area contributed by atoms with Gasteiger partial charge in [0.05, 0.1) is 5.69 Å². The average molecular weight is 257 g/mol. The van der Waals surface area contributed by atoms with Gasteiger partial charge in [-0.25, -0.2) is 9.97 Å². The third-order valence-electron chi connectivity index (χ3n) is 2.69. The fraction of sp³-hybridized carbons (Fsp3) is 0.500. The largest absolute Gasteiger partial charge is 0.480 e. The van der Waals surface area contributed by atoms with E-state index in [1.807, 2.05) is 4.90 Å². The maximum atomic E-state index is 11.1. The molecule has 2 rings (SSSR count). The highest BCUT2D eigenvalue weighted by molar-refractivity contribution is 6.28. The Labute approximate surface area is 104 Å². The summed E-state index contributed by atoms with van der Waals surface area (Å²) in [4.78, 5) is 20.8. The third kappa shape index (κ3) is 3.12. The van der Waals surface area contributed by atoms with Crippen LogP contribution < -0.4 is 5.32 Å². The zero-order valence-corrected chi connectivity index (χ0v) is 9.89. The van der Waals surface area contributed by atoms with Gasteiger partial charge in [-0.05, 0) is 17.7 Å². The van der Waals surface area contributed by atoms with Gasteiger partial charge in [-0.1, -0.05) is 0 Å². The molecular formula is C10H13ClN4O2. The molecule has 0 amide bonds. The van der Waals surface area contributed by atoms with Crippen LogP contribution in [0.5, 0.6) is 0 Å². The average Bonchev–Trinajstić information content (AvgIpc) is 2.29. The van der Waals surface area contributed by atoms with E-state index < -0.39 is 12.0 Å². The summed E-state index contributed by atoms with van der Waals surface area (Å²) >= 11 is 5.69. The molecule has 17 heavy (non-hydrogen) atoms. The summed E-state index contributed by atoms with van der Waals surface area (Å²) in [5.74, 6) is -0.822. The van der Waals surface area contributed by atoms with Crippen LogP contribution >= 0.6 is 11.6 Å². The quantitative estimate of drug-likeness (QED) is 0.741. The minimum atomic E-state index is -0.822. The topological polar surface area (TPSA) is 78.4 Å². The van der Waals surface area contributed by atoms with Crippen molar-refractivity contribution < 1.29 is 9.90 Å². The van der Waals surface area contributed by atoms with Crippen LogP contribution in [0.3, 0.4) is 0 Å². The number of nitrogens with zero attached hydrogens (tertiary/aromatic N) is 3. The summed E-state index contributed by atoms with van der Waals surface area (Å²) in [6.45, 7) is 2.39. The van der Waals surface area contributed by atoms with Gasteiger partial charge in [0.2, 0.25) is 5.28 Å². The van der Waals surface area contributed by atoms with E-state index in [0.717, 1.165) is 12.2 Å². The molecule has 1 aromatic rings. The molecule has 1 aliphatic heterocycles. The Bertz CT molecular complexity index is 415. The number of piperazine rings is 1. The Morgan fingerprint density at radius 1 is 1.71 bits per heavy atom. The van der Waals surface area contributed by atoms with Crippen molar-refractivity contribution in [2.75, 3.05) is 19.6 Å². The molecule has 0 saturated carbocycles. The second-order valence-electron chi connectivity index (χ2n) is 3.85. The summed E-state index contributed by atoms with van der Waals surface area (Å²) in [5.41, 5.74) is 0.734. The van der Waals surface area contributed by atoms with Crippen LogP contribution in [0.25, 0.3) is 0 Å². The highest BCUT2D eigenvalue weighted by atomic mass is 35.5. The Hall–Kier alpha value is -1.24. The van der Waals surface area contributed by atoms with Gasteiger partial charge in [0.25, 0.3) is 0 Å². The van der Waals surface area contributed by atoms with E-state index in [9.17, 15) is 4.79 Å². The Kier molecular flexibility index (Phi) is 3.88. The van der Waals surface area contributed by atoms with Gasteiger partial charge >= 0.3 is 5.97 Å². The van der Waals surface area contributed by atoms with Crippen LogP contribution in [0.4, 0.5) is 0 Å². The fourth-order valence-electron chi connectivity index (χ4n) is 1.84. The molecule has 0 aromatic carbocycles. The molecule has 0 unspecified atom stereocenters. The lowest BCUT2D eigenvalue weighted by atomic mass is 10.2. The van der Waals surface area contributed by atoms with E-state index >= 15 is 0 Å². The van der Waals surface area contributed by atoms with Gasteiger partial charge in [0, 0.05) is 32.4 Å². The Morgan fingerprint density at radius 3 is 3.24 bits per heavy atom. The van der Waals surface area contributed by atoms with Crippen molar-refractivity contribution in [2.24, 2.45) is 0 Å². The zero-order chi connectivity index (χ0) is 12.3. The van der Waals surface area contributed by atoms with Gasteiger partial charge in [-0.2, -0.15) is 0 Å². The van der Waals surface area contributed by atoms with E-state index in [4.69, 9.17) is 16.7 Å². The molecule has 0 aliphatic carbocycles. The lowest BCUT2D eigenvalue weighted by Gasteiger charge is -2.32. The summed E-state index contributed by atoms with van der Waals surface area (Å²) in [5, 5.41) is 12.3. The number of carbonyl (C=O) groups is 1. The molecule has 2 heterocycles. The minimum absolute atomic E-state index is 0.185. The van der Waals surface area contributed by atoms with Crippen molar-refractivity contribution in [1.29, 1.82) is 0 Å². The monoisotopic (exact) mass is 256 g/mol. The van der Waals surface area contributed by atoms with Gasteiger partial charge in [-0.3, -0.25) is 9.69 Å². The van der Waals surface area contributed by atoms with Gasteiger partial charge in [0.1, 0.15) is 6.04 Å². The number of hydrogen-bond donors (Lipinski definition) is 2. The first-order chi connectivity index (χ1) is 8.16. The number of aromatic nitrogens is 2. The summed E-state index contributed by atoms with van der Waals surface area (Å²) in [7, 11) is 0. The van der Waals surface area contributed by atoms with Crippen molar-refractivity contribution in [3.05, 3.63) is 23.2 Å². The number of aliphatic carboxylic acids is 1. The number of carboxylic acids is 1. The predicted molar refractivity (Wildman–Crippen MR) is 61.7 cm³/mol. The highest BCUT2D eigenvalue weighted by Crippen LogP contribution is 2.10. The highest BCUT2D eigenvalue weighted by Gasteiger charge is 2.28. The number of halogens is 1. The number of rotatable bonds is 3. The summed E-state index contributed by atoms with van der Waals surface area (Å²) in [6.07, 6.45) is 1.57. The molecular weight excluding hydrogens is 244 g/mol. The molecule has 7 heteroatoms. The van der Waals surface area contributed by atoms with E-state index in [-0.39, 0.29) is 5.28 Å². The number of carboxylic acid groups (broad SMARTS) is 1. The zero-order valence-electron chi connectivity index (χ0n) is 9.14. The van der Waals surface area contributed by atoms with Crippen LogP contribution in [-0.4, -0.2) is 51.6 Å².